The van der Waals surface area contributed by atoms with Crippen molar-refractivity contribution in [3.05, 3.63) is 30.3 Å². The van der Waals surface area contributed by atoms with Gasteiger partial charge in [-0.05, 0) is 24.3 Å². The van der Waals surface area contributed by atoms with Gasteiger partial charge in [0, 0.05) is 19.4 Å². The first-order chi connectivity index (χ1) is 8.58. The lowest BCUT2D eigenvalue weighted by Crippen LogP contribution is -2.44. The number of ether oxygens (including phenoxy) is 1. The second-order valence-corrected chi connectivity index (χ2v) is 7.20. The molecule has 1 unspecified atom stereocenters. The molecule has 1 aromatic rings. The SMILES string of the molecule is COC1(CNS(=O)(=O)c2ccccc2)CCSC1. The molecule has 0 spiro atoms. The molecule has 0 saturated carbocycles. The fraction of sp³-hybridized carbons (Fsp3) is 0.500. The van der Waals surface area contributed by atoms with Gasteiger partial charge in [-0.15, -0.1) is 0 Å². The van der Waals surface area contributed by atoms with E-state index in [1.165, 1.54) is 0 Å². The number of hydrogen-bond donors (Lipinski definition) is 1. The van der Waals surface area contributed by atoms with Gasteiger partial charge in [-0.2, -0.15) is 11.8 Å². The molecule has 1 atom stereocenters. The fourth-order valence-corrected chi connectivity index (χ4v) is 4.40. The minimum atomic E-state index is -3.44. The Morgan fingerprint density at radius 2 is 2.11 bits per heavy atom. The van der Waals surface area contributed by atoms with Crippen LogP contribution in [0.3, 0.4) is 0 Å². The molecule has 1 saturated heterocycles. The van der Waals surface area contributed by atoms with Gasteiger partial charge in [0.25, 0.3) is 0 Å². The van der Waals surface area contributed by atoms with Crippen LogP contribution in [0.1, 0.15) is 6.42 Å². The van der Waals surface area contributed by atoms with Gasteiger partial charge in [0.15, 0.2) is 0 Å². The number of methoxy groups -OCH3 is 1. The van der Waals surface area contributed by atoms with E-state index in [1.54, 1.807) is 49.2 Å². The van der Waals surface area contributed by atoms with E-state index >= 15 is 0 Å². The second kappa shape index (κ2) is 5.61. The highest BCUT2D eigenvalue weighted by molar-refractivity contribution is 7.99. The van der Waals surface area contributed by atoms with Gasteiger partial charge in [-0.25, -0.2) is 13.1 Å². The second-order valence-electron chi connectivity index (χ2n) is 4.33. The van der Waals surface area contributed by atoms with E-state index in [0.29, 0.717) is 11.4 Å². The van der Waals surface area contributed by atoms with Crippen molar-refractivity contribution >= 4 is 21.8 Å². The number of nitrogens with one attached hydrogen (secondary N) is 1. The average Bonchev–Trinajstić information content (AvgIpc) is 2.87. The molecule has 1 aliphatic heterocycles. The monoisotopic (exact) mass is 287 g/mol. The minimum Gasteiger partial charge on any atom is -0.376 e. The molecule has 18 heavy (non-hydrogen) atoms. The first-order valence-electron chi connectivity index (χ1n) is 5.76. The van der Waals surface area contributed by atoms with Crippen LogP contribution in [-0.4, -0.2) is 39.2 Å². The normalized spacial score (nSPS) is 24.3. The number of benzene rings is 1. The third-order valence-electron chi connectivity index (χ3n) is 3.14. The number of thioether (sulfide) groups is 1. The lowest BCUT2D eigenvalue weighted by Gasteiger charge is -2.26. The molecule has 0 aromatic heterocycles. The Labute approximate surface area is 112 Å². The van der Waals surface area contributed by atoms with E-state index in [1.807, 2.05) is 0 Å². The molecule has 1 aliphatic rings. The number of hydrogen-bond acceptors (Lipinski definition) is 4. The van der Waals surface area contributed by atoms with E-state index in [0.717, 1.165) is 17.9 Å². The van der Waals surface area contributed by atoms with Crippen LogP contribution in [0.25, 0.3) is 0 Å². The van der Waals surface area contributed by atoms with Crippen LogP contribution in [0.15, 0.2) is 35.2 Å². The van der Waals surface area contributed by atoms with Crippen molar-refractivity contribution in [3.63, 3.8) is 0 Å². The molecule has 6 heteroatoms. The molecule has 100 valence electrons. The average molecular weight is 287 g/mol. The molecule has 1 heterocycles. The van der Waals surface area contributed by atoms with Crippen molar-refractivity contribution in [1.82, 2.24) is 4.72 Å². The number of sulfonamides is 1. The summed E-state index contributed by atoms with van der Waals surface area (Å²) in [5.41, 5.74) is -0.355. The van der Waals surface area contributed by atoms with Crippen LogP contribution in [-0.2, 0) is 14.8 Å². The lowest BCUT2D eigenvalue weighted by molar-refractivity contribution is 0.0179. The molecule has 0 aliphatic carbocycles. The van der Waals surface area contributed by atoms with Crippen LogP contribution in [0.2, 0.25) is 0 Å². The van der Waals surface area contributed by atoms with Crippen molar-refractivity contribution in [1.29, 1.82) is 0 Å². The van der Waals surface area contributed by atoms with Gasteiger partial charge in [-0.3, -0.25) is 0 Å². The smallest absolute Gasteiger partial charge is 0.240 e. The lowest BCUT2D eigenvalue weighted by atomic mass is 10.0. The molecular weight excluding hydrogens is 270 g/mol. The molecule has 2 rings (SSSR count). The van der Waals surface area contributed by atoms with Gasteiger partial charge in [0.05, 0.1) is 10.5 Å². The quantitative estimate of drug-likeness (QED) is 0.891. The Hall–Kier alpha value is -0.560. The Morgan fingerprint density at radius 1 is 1.39 bits per heavy atom. The highest BCUT2D eigenvalue weighted by Crippen LogP contribution is 2.30. The summed E-state index contributed by atoms with van der Waals surface area (Å²) < 4.78 is 32.3. The van der Waals surface area contributed by atoms with E-state index in [2.05, 4.69) is 4.72 Å². The van der Waals surface area contributed by atoms with Crippen molar-refractivity contribution in [2.75, 3.05) is 25.2 Å². The summed E-state index contributed by atoms with van der Waals surface area (Å²) in [6.07, 6.45) is 0.880. The molecule has 1 aromatic carbocycles. The summed E-state index contributed by atoms with van der Waals surface area (Å²) in [5, 5.41) is 0. The highest BCUT2D eigenvalue weighted by atomic mass is 32.2. The van der Waals surface area contributed by atoms with Crippen molar-refractivity contribution < 1.29 is 13.2 Å². The zero-order chi connectivity index (χ0) is 13.1. The Kier molecular flexibility index (Phi) is 4.32. The van der Waals surface area contributed by atoms with Gasteiger partial charge in [0.1, 0.15) is 0 Å². The summed E-state index contributed by atoms with van der Waals surface area (Å²) in [6.45, 7) is 0.327. The first kappa shape index (κ1) is 13.9. The molecule has 1 fully saturated rings. The summed E-state index contributed by atoms with van der Waals surface area (Å²) >= 11 is 1.79. The Balaban J connectivity index is 2.06. The van der Waals surface area contributed by atoms with E-state index < -0.39 is 10.0 Å². The third kappa shape index (κ3) is 3.06. The van der Waals surface area contributed by atoms with Crippen molar-refractivity contribution in [2.24, 2.45) is 0 Å². The van der Waals surface area contributed by atoms with Crippen LogP contribution in [0.4, 0.5) is 0 Å². The molecule has 1 N–H and O–H groups in total. The molecular formula is C12H17NO3S2. The van der Waals surface area contributed by atoms with E-state index in [4.69, 9.17) is 4.74 Å². The number of rotatable bonds is 5. The van der Waals surface area contributed by atoms with Crippen molar-refractivity contribution in [2.45, 2.75) is 16.9 Å². The standard InChI is InChI=1S/C12H17NO3S2/c1-16-12(7-8-17-10-12)9-13-18(14,15)11-5-3-2-4-6-11/h2-6,13H,7-10H2,1H3. The predicted molar refractivity (Wildman–Crippen MR) is 73.3 cm³/mol. The van der Waals surface area contributed by atoms with Crippen molar-refractivity contribution in [3.8, 4) is 0 Å². The zero-order valence-electron chi connectivity index (χ0n) is 10.3. The molecule has 4 nitrogen and oxygen atoms in total. The first-order valence-corrected chi connectivity index (χ1v) is 8.39. The van der Waals surface area contributed by atoms with E-state index in [9.17, 15) is 8.42 Å². The minimum absolute atomic E-state index is 0.293. The summed E-state index contributed by atoms with van der Waals surface area (Å²) in [5.74, 6) is 1.85. The summed E-state index contributed by atoms with van der Waals surface area (Å²) in [6, 6.07) is 8.40. The topological polar surface area (TPSA) is 55.4 Å². The highest BCUT2D eigenvalue weighted by Gasteiger charge is 2.35. The molecule has 0 radical (unpaired) electrons. The largest absolute Gasteiger partial charge is 0.376 e. The van der Waals surface area contributed by atoms with Gasteiger partial charge in [-0.1, -0.05) is 18.2 Å². The van der Waals surface area contributed by atoms with Crippen LogP contribution in [0, 0.1) is 0 Å². The van der Waals surface area contributed by atoms with Gasteiger partial charge in [0.2, 0.25) is 10.0 Å². The zero-order valence-corrected chi connectivity index (χ0v) is 11.9. The van der Waals surface area contributed by atoms with Crippen LogP contribution in [0.5, 0.6) is 0 Å². The van der Waals surface area contributed by atoms with E-state index in [-0.39, 0.29) is 5.60 Å². The Morgan fingerprint density at radius 3 is 2.67 bits per heavy atom. The predicted octanol–water partition coefficient (Wildman–Crippen LogP) is 1.49. The maximum absolute atomic E-state index is 12.1. The molecule has 0 bridgehead atoms. The van der Waals surface area contributed by atoms with Crippen LogP contribution >= 0.6 is 11.8 Å². The Bertz CT molecular complexity index is 481. The summed E-state index contributed by atoms with van der Waals surface area (Å²) in [7, 11) is -1.79. The fourth-order valence-electron chi connectivity index (χ4n) is 1.87. The maximum Gasteiger partial charge on any atom is 0.240 e. The van der Waals surface area contributed by atoms with Gasteiger partial charge < -0.3 is 4.74 Å². The van der Waals surface area contributed by atoms with Crippen LogP contribution < -0.4 is 4.72 Å². The maximum atomic E-state index is 12.1. The van der Waals surface area contributed by atoms with Gasteiger partial charge >= 0.3 is 0 Å². The summed E-state index contributed by atoms with van der Waals surface area (Å²) in [4.78, 5) is 0.293. The third-order valence-corrected chi connectivity index (χ3v) is 5.78. The molecule has 0 amide bonds.